The summed E-state index contributed by atoms with van der Waals surface area (Å²) in [5.74, 6) is 0.0995. The number of ether oxygens (including phenoxy) is 3. The number of nitrogens with zero attached hydrogens (tertiary/aromatic N) is 1. The quantitative estimate of drug-likeness (QED) is 0.727. The van der Waals surface area contributed by atoms with Crippen molar-refractivity contribution in [3.05, 3.63) is 29.8 Å². The van der Waals surface area contributed by atoms with E-state index in [1.54, 1.807) is 65.8 Å². The highest BCUT2D eigenvalue weighted by molar-refractivity contribution is 5.93. The van der Waals surface area contributed by atoms with E-state index in [1.807, 2.05) is 0 Å². The first-order valence-electron chi connectivity index (χ1n) is 10.3. The molecule has 1 aromatic carbocycles. The van der Waals surface area contributed by atoms with Gasteiger partial charge < -0.3 is 19.5 Å². The number of nitrogens with one attached hydrogen (secondary N) is 2. The van der Waals surface area contributed by atoms with E-state index in [1.165, 1.54) is 19.1 Å². The highest BCUT2D eigenvalue weighted by Gasteiger charge is 2.36. The van der Waals surface area contributed by atoms with Gasteiger partial charge in [-0.2, -0.15) is 0 Å². The van der Waals surface area contributed by atoms with Gasteiger partial charge in [-0.15, -0.1) is 0 Å². The molecule has 176 valence electrons. The standard InChI is InChI=1S/C23H33N3O6/c1-22(2,3)31-20(28)25-16-10-9-14(12-18(16)30-8)15-11-17(19(27)24-7)26(13-15)21(29)32-23(4,5)6/h9-12,17H,13H2,1-8H3,(H,24,27)(H,25,28). The molecular weight excluding hydrogens is 414 g/mol. The van der Waals surface area contributed by atoms with Crippen LogP contribution in [-0.4, -0.2) is 60.9 Å². The number of carbonyl (C=O) groups is 3. The van der Waals surface area contributed by atoms with E-state index in [4.69, 9.17) is 14.2 Å². The van der Waals surface area contributed by atoms with Crippen LogP contribution in [0.3, 0.4) is 0 Å². The maximum atomic E-state index is 12.7. The van der Waals surface area contributed by atoms with E-state index in [-0.39, 0.29) is 12.5 Å². The van der Waals surface area contributed by atoms with Crippen LogP contribution < -0.4 is 15.4 Å². The number of rotatable bonds is 4. The van der Waals surface area contributed by atoms with E-state index < -0.39 is 29.4 Å². The van der Waals surface area contributed by atoms with Crippen molar-refractivity contribution in [1.29, 1.82) is 0 Å². The van der Waals surface area contributed by atoms with Crippen LogP contribution in [0.25, 0.3) is 5.57 Å². The Morgan fingerprint density at radius 3 is 2.19 bits per heavy atom. The van der Waals surface area contributed by atoms with Crippen molar-refractivity contribution >= 4 is 29.4 Å². The molecule has 1 heterocycles. The molecule has 0 fully saturated rings. The Balaban J connectivity index is 2.29. The smallest absolute Gasteiger partial charge is 0.412 e. The summed E-state index contributed by atoms with van der Waals surface area (Å²) in [5.41, 5.74) is 0.621. The Morgan fingerprint density at radius 2 is 1.66 bits per heavy atom. The maximum absolute atomic E-state index is 12.7. The van der Waals surface area contributed by atoms with Crippen LogP contribution >= 0.6 is 0 Å². The Labute approximate surface area is 189 Å². The van der Waals surface area contributed by atoms with Crippen molar-refractivity contribution in [2.24, 2.45) is 0 Å². The molecule has 0 aromatic heterocycles. The first-order valence-corrected chi connectivity index (χ1v) is 10.3. The van der Waals surface area contributed by atoms with Crippen LogP contribution in [0.5, 0.6) is 5.75 Å². The van der Waals surface area contributed by atoms with Gasteiger partial charge in [0.1, 0.15) is 23.0 Å². The van der Waals surface area contributed by atoms with Crippen molar-refractivity contribution in [2.75, 3.05) is 26.0 Å². The first-order chi connectivity index (χ1) is 14.7. The number of hydrogen-bond acceptors (Lipinski definition) is 6. The van der Waals surface area contributed by atoms with Gasteiger partial charge in [0.25, 0.3) is 0 Å². The molecule has 0 saturated carbocycles. The minimum Gasteiger partial charge on any atom is -0.495 e. The normalized spacial score (nSPS) is 16.2. The van der Waals surface area contributed by atoms with E-state index in [0.717, 1.165) is 11.1 Å². The number of hydrogen-bond donors (Lipinski definition) is 2. The van der Waals surface area contributed by atoms with Crippen molar-refractivity contribution in [1.82, 2.24) is 10.2 Å². The molecule has 1 aliphatic heterocycles. The van der Waals surface area contributed by atoms with Gasteiger partial charge in [-0.1, -0.05) is 6.07 Å². The summed E-state index contributed by atoms with van der Waals surface area (Å²) in [5, 5.41) is 5.25. The lowest BCUT2D eigenvalue weighted by Gasteiger charge is -2.28. The molecule has 3 amide bonds. The van der Waals surface area contributed by atoms with Gasteiger partial charge in [0.05, 0.1) is 19.3 Å². The van der Waals surface area contributed by atoms with E-state index in [9.17, 15) is 14.4 Å². The second kappa shape index (κ2) is 9.50. The molecule has 0 spiro atoms. The minimum atomic E-state index is -0.796. The summed E-state index contributed by atoms with van der Waals surface area (Å²) in [6.45, 7) is 10.8. The summed E-state index contributed by atoms with van der Waals surface area (Å²) >= 11 is 0. The Morgan fingerprint density at radius 1 is 1.03 bits per heavy atom. The molecule has 0 saturated heterocycles. The molecule has 1 unspecified atom stereocenters. The highest BCUT2D eigenvalue weighted by atomic mass is 16.6. The van der Waals surface area contributed by atoms with Crippen molar-refractivity contribution in [3.8, 4) is 5.75 Å². The van der Waals surface area contributed by atoms with Crippen molar-refractivity contribution < 1.29 is 28.6 Å². The third-order valence-corrected chi connectivity index (χ3v) is 4.39. The molecule has 9 nitrogen and oxygen atoms in total. The molecule has 0 radical (unpaired) electrons. The van der Waals surface area contributed by atoms with Gasteiger partial charge in [0, 0.05) is 7.05 Å². The van der Waals surface area contributed by atoms with Crippen LogP contribution in [0.4, 0.5) is 15.3 Å². The van der Waals surface area contributed by atoms with E-state index >= 15 is 0 Å². The lowest BCUT2D eigenvalue weighted by Crippen LogP contribution is -2.47. The molecule has 1 atom stereocenters. The fraction of sp³-hybridized carbons (Fsp3) is 0.522. The zero-order valence-corrected chi connectivity index (χ0v) is 20.0. The van der Waals surface area contributed by atoms with Gasteiger partial charge in [0.15, 0.2) is 0 Å². The largest absolute Gasteiger partial charge is 0.495 e. The predicted octanol–water partition coefficient (Wildman–Crippen LogP) is 3.79. The lowest BCUT2D eigenvalue weighted by atomic mass is 10.0. The second-order valence-electron chi connectivity index (χ2n) is 9.40. The highest BCUT2D eigenvalue weighted by Crippen LogP contribution is 2.33. The first kappa shape index (κ1) is 25.0. The Kier molecular flexibility index (Phi) is 7.43. The third-order valence-electron chi connectivity index (χ3n) is 4.39. The average Bonchev–Trinajstić information content (AvgIpc) is 3.10. The zero-order valence-electron chi connectivity index (χ0n) is 20.0. The Hall–Kier alpha value is -3.23. The van der Waals surface area contributed by atoms with Crippen LogP contribution in [0, 0.1) is 0 Å². The molecule has 1 aromatic rings. The van der Waals surface area contributed by atoms with Crippen LogP contribution in [-0.2, 0) is 14.3 Å². The van der Waals surface area contributed by atoms with Gasteiger partial charge in [-0.3, -0.25) is 15.0 Å². The van der Waals surface area contributed by atoms with Gasteiger partial charge in [-0.25, -0.2) is 9.59 Å². The van der Waals surface area contributed by atoms with Crippen molar-refractivity contribution in [2.45, 2.75) is 58.8 Å². The van der Waals surface area contributed by atoms with Gasteiger partial charge in [0.2, 0.25) is 5.91 Å². The average molecular weight is 448 g/mol. The molecule has 2 N–H and O–H groups in total. The van der Waals surface area contributed by atoms with E-state index in [0.29, 0.717) is 11.4 Å². The number of anilines is 1. The second-order valence-corrected chi connectivity index (χ2v) is 9.40. The SMILES string of the molecule is CNC(=O)C1C=C(c2ccc(NC(=O)OC(C)(C)C)c(OC)c2)CN1C(=O)OC(C)(C)C. The Bertz CT molecular complexity index is 911. The minimum absolute atomic E-state index is 0.189. The molecule has 1 aliphatic rings. The molecule has 9 heteroatoms. The zero-order chi connectivity index (χ0) is 24.3. The number of carbonyl (C=O) groups excluding carboxylic acids is 3. The summed E-state index contributed by atoms with van der Waals surface area (Å²) in [4.78, 5) is 38.6. The van der Waals surface area contributed by atoms with Crippen LogP contribution in [0.1, 0.15) is 47.1 Å². The maximum Gasteiger partial charge on any atom is 0.412 e. The molecule has 0 aliphatic carbocycles. The summed E-state index contributed by atoms with van der Waals surface area (Å²) in [7, 11) is 3.00. The molecular formula is C23H33N3O6. The topological polar surface area (TPSA) is 106 Å². The predicted molar refractivity (Wildman–Crippen MR) is 122 cm³/mol. The van der Waals surface area contributed by atoms with Gasteiger partial charge in [-0.05, 0) is 70.9 Å². The van der Waals surface area contributed by atoms with Crippen LogP contribution in [0.15, 0.2) is 24.3 Å². The number of methoxy groups -OCH3 is 1. The van der Waals surface area contributed by atoms with Crippen molar-refractivity contribution in [3.63, 3.8) is 0 Å². The lowest BCUT2D eigenvalue weighted by molar-refractivity contribution is -0.123. The fourth-order valence-corrected chi connectivity index (χ4v) is 3.07. The number of benzene rings is 1. The van der Waals surface area contributed by atoms with E-state index in [2.05, 4.69) is 10.6 Å². The third kappa shape index (κ3) is 6.63. The summed E-state index contributed by atoms with van der Waals surface area (Å²) in [6, 6.07) is 4.40. The molecule has 0 bridgehead atoms. The molecule has 2 rings (SSSR count). The number of likely N-dealkylation sites (N-methyl/N-ethyl adjacent to an activating group) is 1. The number of amides is 3. The molecule has 32 heavy (non-hydrogen) atoms. The summed E-state index contributed by atoms with van der Waals surface area (Å²) in [6.07, 6.45) is 0.547. The summed E-state index contributed by atoms with van der Waals surface area (Å²) < 4.78 is 16.2. The fourth-order valence-electron chi connectivity index (χ4n) is 3.07. The monoisotopic (exact) mass is 447 g/mol. The van der Waals surface area contributed by atoms with Gasteiger partial charge >= 0.3 is 12.2 Å². The van der Waals surface area contributed by atoms with Crippen LogP contribution in [0.2, 0.25) is 0 Å².